The quantitative estimate of drug-likeness (QED) is 0.847. The first-order valence-electron chi connectivity index (χ1n) is 8.21. The lowest BCUT2D eigenvalue weighted by atomic mass is 10.2. The highest BCUT2D eigenvalue weighted by molar-refractivity contribution is 5.76. The molecule has 1 saturated heterocycles. The highest BCUT2D eigenvalue weighted by Gasteiger charge is 2.29. The van der Waals surface area contributed by atoms with Crippen LogP contribution >= 0.6 is 0 Å². The van der Waals surface area contributed by atoms with Gasteiger partial charge >= 0.3 is 5.69 Å². The van der Waals surface area contributed by atoms with E-state index >= 15 is 0 Å². The molecule has 7 heteroatoms. The predicted octanol–water partition coefficient (Wildman–Crippen LogP) is 1.15. The molecule has 0 N–H and O–H groups in total. The number of hydrogen-bond acceptors (Lipinski definition) is 4. The molecule has 2 aromatic rings. The van der Waals surface area contributed by atoms with Crippen LogP contribution in [-0.2, 0) is 11.3 Å². The Morgan fingerprint density at radius 3 is 2.50 bits per heavy atom. The molecule has 0 bridgehead atoms. The molecule has 24 heavy (non-hydrogen) atoms. The molecule has 0 aromatic carbocycles. The topological polar surface area (TPSA) is 73.0 Å². The van der Waals surface area contributed by atoms with E-state index in [2.05, 4.69) is 10.1 Å². The summed E-state index contributed by atoms with van der Waals surface area (Å²) >= 11 is 0. The second kappa shape index (κ2) is 6.22. The van der Waals surface area contributed by atoms with Crippen molar-refractivity contribution in [3.8, 4) is 0 Å². The molecule has 1 atom stereocenters. The lowest BCUT2D eigenvalue weighted by Crippen LogP contribution is -2.37. The van der Waals surface area contributed by atoms with Crippen molar-refractivity contribution in [2.75, 3.05) is 13.1 Å². The summed E-state index contributed by atoms with van der Waals surface area (Å²) in [6, 6.07) is 4.07. The molecule has 1 unspecified atom stereocenters. The molecule has 2 aromatic heterocycles. The second-order valence-corrected chi connectivity index (χ2v) is 6.56. The summed E-state index contributed by atoms with van der Waals surface area (Å²) in [5.74, 6) is -0.0464. The van der Waals surface area contributed by atoms with Gasteiger partial charge in [-0.25, -0.2) is 4.79 Å². The van der Waals surface area contributed by atoms with Crippen LogP contribution in [0.1, 0.15) is 35.2 Å². The number of amides is 1. The number of likely N-dealkylation sites (tertiary alicyclic amines) is 1. The third-order valence-electron chi connectivity index (χ3n) is 4.55. The van der Waals surface area contributed by atoms with Crippen LogP contribution in [0.4, 0.5) is 0 Å². The molecular weight excluding hydrogens is 306 g/mol. The fourth-order valence-corrected chi connectivity index (χ4v) is 3.39. The number of hydrogen-bond donors (Lipinski definition) is 0. The number of aromatic nitrogens is 4. The second-order valence-electron chi connectivity index (χ2n) is 6.56. The van der Waals surface area contributed by atoms with Gasteiger partial charge in [0.15, 0.2) is 0 Å². The third-order valence-corrected chi connectivity index (χ3v) is 4.55. The first-order valence-corrected chi connectivity index (χ1v) is 8.21. The number of carbonyl (C=O) groups is 1. The Bertz CT molecular complexity index is 836. The van der Waals surface area contributed by atoms with Crippen molar-refractivity contribution in [2.45, 2.75) is 46.7 Å². The predicted molar refractivity (Wildman–Crippen MR) is 89.9 cm³/mol. The maximum absolute atomic E-state index is 12.6. The monoisotopic (exact) mass is 329 g/mol. The van der Waals surface area contributed by atoms with Gasteiger partial charge in [-0.05, 0) is 46.2 Å². The Labute approximate surface area is 140 Å². The summed E-state index contributed by atoms with van der Waals surface area (Å²) in [5, 5.41) is 4.52. The van der Waals surface area contributed by atoms with Crippen molar-refractivity contribution < 1.29 is 4.79 Å². The molecule has 1 aliphatic heterocycles. The normalized spacial score (nSPS) is 17.5. The van der Waals surface area contributed by atoms with Crippen LogP contribution in [0.5, 0.6) is 0 Å². The van der Waals surface area contributed by atoms with Crippen molar-refractivity contribution in [2.24, 2.45) is 0 Å². The van der Waals surface area contributed by atoms with Crippen LogP contribution in [0, 0.1) is 27.7 Å². The zero-order valence-corrected chi connectivity index (χ0v) is 14.6. The van der Waals surface area contributed by atoms with Crippen molar-refractivity contribution in [3.05, 3.63) is 45.4 Å². The molecule has 1 amide bonds. The minimum Gasteiger partial charge on any atom is -0.339 e. The van der Waals surface area contributed by atoms with Gasteiger partial charge in [0.05, 0.1) is 11.7 Å². The van der Waals surface area contributed by atoms with Gasteiger partial charge in [0.25, 0.3) is 0 Å². The van der Waals surface area contributed by atoms with E-state index in [1.807, 2.05) is 42.5 Å². The van der Waals surface area contributed by atoms with Gasteiger partial charge in [-0.1, -0.05) is 0 Å². The summed E-state index contributed by atoms with van der Waals surface area (Å²) in [5.41, 5.74) is 3.17. The lowest BCUT2D eigenvalue weighted by molar-refractivity contribution is -0.131. The van der Waals surface area contributed by atoms with Gasteiger partial charge in [-0.2, -0.15) is 10.1 Å². The minimum atomic E-state index is -0.366. The summed E-state index contributed by atoms with van der Waals surface area (Å²) in [4.78, 5) is 30.3. The number of rotatable bonds is 3. The number of aryl methyl sites for hydroxylation is 4. The molecular formula is C17H23N5O2. The van der Waals surface area contributed by atoms with Gasteiger partial charge < -0.3 is 4.90 Å². The standard InChI is InChI=1S/C17H23N5O2/c1-11-7-13(3)21(17(24)18-11)10-16(23)20-6-5-15(9-20)22-14(4)8-12(2)19-22/h7-8,15H,5-6,9-10H2,1-4H3. The summed E-state index contributed by atoms with van der Waals surface area (Å²) in [6.45, 7) is 8.98. The van der Waals surface area contributed by atoms with Gasteiger partial charge in [-0.15, -0.1) is 0 Å². The fourth-order valence-electron chi connectivity index (χ4n) is 3.39. The van der Waals surface area contributed by atoms with E-state index < -0.39 is 0 Å². The zero-order valence-electron chi connectivity index (χ0n) is 14.6. The molecule has 128 valence electrons. The van der Waals surface area contributed by atoms with Crippen molar-refractivity contribution in [3.63, 3.8) is 0 Å². The van der Waals surface area contributed by atoms with Gasteiger partial charge in [0, 0.05) is 30.2 Å². The highest BCUT2D eigenvalue weighted by Crippen LogP contribution is 2.23. The van der Waals surface area contributed by atoms with Crippen molar-refractivity contribution >= 4 is 5.91 Å². The average Bonchev–Trinajstić information content (AvgIpc) is 3.09. The van der Waals surface area contributed by atoms with E-state index in [1.54, 1.807) is 6.92 Å². The lowest BCUT2D eigenvalue weighted by Gasteiger charge is -2.18. The van der Waals surface area contributed by atoms with Crippen LogP contribution in [-0.4, -0.2) is 43.2 Å². The molecule has 0 radical (unpaired) electrons. The highest BCUT2D eigenvalue weighted by atomic mass is 16.2. The molecule has 3 rings (SSSR count). The number of carbonyl (C=O) groups excluding carboxylic acids is 1. The maximum Gasteiger partial charge on any atom is 0.348 e. The Balaban J connectivity index is 1.71. The van der Waals surface area contributed by atoms with Crippen LogP contribution < -0.4 is 5.69 Å². The third kappa shape index (κ3) is 3.11. The first-order chi connectivity index (χ1) is 11.3. The smallest absolute Gasteiger partial charge is 0.339 e. The molecule has 0 spiro atoms. The van der Waals surface area contributed by atoms with E-state index in [0.717, 1.165) is 23.5 Å². The minimum absolute atomic E-state index is 0.0434. The van der Waals surface area contributed by atoms with Crippen LogP contribution in [0.25, 0.3) is 0 Å². The molecule has 1 aliphatic rings. The summed E-state index contributed by atoms with van der Waals surface area (Å²) in [7, 11) is 0. The Morgan fingerprint density at radius 1 is 1.17 bits per heavy atom. The largest absolute Gasteiger partial charge is 0.348 e. The molecule has 0 saturated carbocycles. The molecule has 0 aliphatic carbocycles. The Morgan fingerprint density at radius 2 is 1.88 bits per heavy atom. The maximum atomic E-state index is 12.6. The van der Waals surface area contributed by atoms with Crippen LogP contribution in [0.3, 0.4) is 0 Å². The fraction of sp³-hybridized carbons (Fsp3) is 0.529. The van der Waals surface area contributed by atoms with E-state index in [1.165, 1.54) is 4.57 Å². The van der Waals surface area contributed by atoms with E-state index in [-0.39, 0.29) is 24.2 Å². The summed E-state index contributed by atoms with van der Waals surface area (Å²) in [6.07, 6.45) is 0.883. The average molecular weight is 329 g/mol. The molecule has 7 nitrogen and oxygen atoms in total. The van der Waals surface area contributed by atoms with Crippen molar-refractivity contribution in [1.29, 1.82) is 0 Å². The zero-order chi connectivity index (χ0) is 17.4. The van der Waals surface area contributed by atoms with Gasteiger partial charge in [0.1, 0.15) is 6.54 Å². The Hall–Kier alpha value is -2.44. The van der Waals surface area contributed by atoms with Crippen molar-refractivity contribution in [1.82, 2.24) is 24.2 Å². The molecule has 1 fully saturated rings. The summed E-state index contributed by atoms with van der Waals surface area (Å²) < 4.78 is 3.44. The SMILES string of the molecule is Cc1cc(C)n(CC(=O)N2CCC(n3nc(C)cc3C)C2)c(=O)n1. The van der Waals surface area contributed by atoms with E-state index in [4.69, 9.17) is 0 Å². The van der Waals surface area contributed by atoms with Crippen LogP contribution in [0.15, 0.2) is 16.9 Å². The van der Waals surface area contributed by atoms with Gasteiger partial charge in [-0.3, -0.25) is 14.0 Å². The number of nitrogens with zero attached hydrogens (tertiary/aromatic N) is 5. The van der Waals surface area contributed by atoms with Crippen LogP contribution in [0.2, 0.25) is 0 Å². The molecule has 3 heterocycles. The van der Waals surface area contributed by atoms with E-state index in [9.17, 15) is 9.59 Å². The Kier molecular flexibility index (Phi) is 4.26. The first kappa shape index (κ1) is 16.4. The van der Waals surface area contributed by atoms with Gasteiger partial charge in [0.2, 0.25) is 5.91 Å². The van der Waals surface area contributed by atoms with E-state index in [0.29, 0.717) is 18.8 Å².